The van der Waals surface area contributed by atoms with Gasteiger partial charge in [-0.2, -0.15) is 11.8 Å². The summed E-state index contributed by atoms with van der Waals surface area (Å²) in [7, 11) is 0. The molecule has 0 saturated carbocycles. The van der Waals surface area contributed by atoms with Crippen LogP contribution in [0.3, 0.4) is 0 Å². The summed E-state index contributed by atoms with van der Waals surface area (Å²) >= 11 is 2.97. The van der Waals surface area contributed by atoms with E-state index in [-0.39, 0.29) is 29.5 Å². The molecule has 2 aromatic heterocycles. The molecule has 2 heterocycles. The first-order chi connectivity index (χ1) is 22.2. The van der Waals surface area contributed by atoms with Crippen LogP contribution in [0.2, 0.25) is 0 Å². The summed E-state index contributed by atoms with van der Waals surface area (Å²) < 4.78 is 0. The number of aliphatic carboxylic acids is 1. The third-order valence-electron chi connectivity index (χ3n) is 8.08. The third kappa shape index (κ3) is 9.84. The van der Waals surface area contributed by atoms with E-state index in [0.717, 1.165) is 27.1 Å². The second kappa shape index (κ2) is 15.4. The van der Waals surface area contributed by atoms with Gasteiger partial charge in [0.2, 0.25) is 5.91 Å². The summed E-state index contributed by atoms with van der Waals surface area (Å²) in [5, 5.41) is 12.4. The highest BCUT2D eigenvalue weighted by molar-refractivity contribution is 7.98. The van der Waals surface area contributed by atoms with Crippen molar-refractivity contribution in [1.82, 2.24) is 15.3 Å². The van der Waals surface area contributed by atoms with Crippen molar-refractivity contribution in [3.8, 4) is 22.5 Å². The molecule has 0 aliphatic carbocycles. The number of nitrogens with zero attached hydrogens (tertiary/aromatic N) is 2. The molecule has 2 atom stereocenters. The molecule has 1 amide bonds. The molecule has 0 spiro atoms. The van der Waals surface area contributed by atoms with Crippen LogP contribution in [0.4, 0.5) is 0 Å². The molecule has 0 aliphatic rings. The Morgan fingerprint density at radius 1 is 0.830 bits per heavy atom. The zero-order valence-electron chi connectivity index (χ0n) is 28.3. The molecule has 9 heteroatoms. The van der Waals surface area contributed by atoms with Crippen LogP contribution in [0, 0.1) is 5.92 Å². The van der Waals surface area contributed by atoms with Gasteiger partial charge in [0, 0.05) is 40.7 Å². The number of thiophene rings is 1. The number of amides is 1. The lowest BCUT2D eigenvalue weighted by atomic mass is 9.86. The average Bonchev–Trinajstić information content (AvgIpc) is 3.54. The number of carboxylic acids is 1. The predicted octanol–water partition coefficient (Wildman–Crippen LogP) is 8.22. The summed E-state index contributed by atoms with van der Waals surface area (Å²) in [6.07, 6.45) is 6.10. The lowest BCUT2D eigenvalue weighted by molar-refractivity contribution is -0.142. The van der Waals surface area contributed by atoms with E-state index in [1.807, 2.05) is 55.0 Å². The molecule has 7 nitrogen and oxygen atoms in total. The molecule has 0 saturated heterocycles. The highest BCUT2D eigenvalue weighted by atomic mass is 32.2. The molecule has 248 valence electrons. The van der Waals surface area contributed by atoms with Gasteiger partial charge in [-0.1, -0.05) is 90.1 Å². The molecule has 2 aromatic carbocycles. The minimum absolute atomic E-state index is 0.0200. The van der Waals surface area contributed by atoms with Crippen LogP contribution in [-0.4, -0.2) is 50.8 Å². The van der Waals surface area contributed by atoms with Gasteiger partial charge in [-0.05, 0) is 64.5 Å². The minimum Gasteiger partial charge on any atom is -0.480 e. The van der Waals surface area contributed by atoms with Gasteiger partial charge in [0.1, 0.15) is 6.04 Å². The van der Waals surface area contributed by atoms with Crippen LogP contribution in [-0.2, 0) is 26.8 Å². The van der Waals surface area contributed by atoms with Crippen molar-refractivity contribution in [3.63, 3.8) is 0 Å². The summed E-state index contributed by atoms with van der Waals surface area (Å²) in [5.41, 5.74) is 4.93. The minimum atomic E-state index is -1.08. The smallest absolute Gasteiger partial charge is 0.326 e. The number of hydrogen-bond acceptors (Lipinski definition) is 7. The van der Waals surface area contributed by atoms with Crippen LogP contribution >= 0.6 is 23.1 Å². The fourth-order valence-electron chi connectivity index (χ4n) is 5.12. The molecule has 2 N–H and O–H groups in total. The predicted molar refractivity (Wildman–Crippen MR) is 193 cm³/mol. The Morgan fingerprint density at radius 3 is 1.98 bits per heavy atom. The SMILES string of the molecule is CSCC[C@@H](NC(=O)[C@@H](CC(=O)c1ccc(C(C)(C)C)s1)Cc1ccc(-c2ncc(-c3ccc(C(C)(C)C)cc3)cn2)cc1)C(=O)O. The number of carbonyl (C=O) groups is 3. The number of rotatable bonds is 13. The number of carbonyl (C=O) groups excluding carboxylic acids is 2. The van der Waals surface area contributed by atoms with Gasteiger partial charge in [-0.25, -0.2) is 14.8 Å². The van der Waals surface area contributed by atoms with E-state index in [9.17, 15) is 19.5 Å². The lowest BCUT2D eigenvalue weighted by Gasteiger charge is -2.20. The fraction of sp³-hybridized carbons (Fsp3) is 0.395. The normalized spacial score (nSPS) is 13.2. The van der Waals surface area contributed by atoms with Crippen molar-refractivity contribution in [2.24, 2.45) is 5.92 Å². The molecule has 4 rings (SSSR count). The largest absolute Gasteiger partial charge is 0.480 e. The van der Waals surface area contributed by atoms with E-state index in [1.54, 1.807) is 0 Å². The monoisotopic (exact) mass is 671 g/mol. The summed E-state index contributed by atoms with van der Waals surface area (Å²) in [5.74, 6) is -1.19. The zero-order valence-corrected chi connectivity index (χ0v) is 29.9. The molecule has 0 bridgehead atoms. The Balaban J connectivity index is 1.51. The molecule has 47 heavy (non-hydrogen) atoms. The second-order valence-electron chi connectivity index (χ2n) is 13.9. The van der Waals surface area contributed by atoms with Crippen LogP contribution < -0.4 is 5.32 Å². The Kier molecular flexibility index (Phi) is 11.8. The quantitative estimate of drug-likeness (QED) is 0.138. The summed E-state index contributed by atoms with van der Waals surface area (Å²) in [6.45, 7) is 12.9. The Morgan fingerprint density at radius 2 is 1.45 bits per heavy atom. The number of ketones is 1. The number of thioether (sulfide) groups is 1. The van der Waals surface area contributed by atoms with Gasteiger partial charge in [-0.3, -0.25) is 9.59 Å². The first-order valence-corrected chi connectivity index (χ1v) is 18.0. The fourth-order valence-corrected chi connectivity index (χ4v) is 6.60. The van der Waals surface area contributed by atoms with Crippen LogP contribution in [0.25, 0.3) is 22.5 Å². The first-order valence-electron chi connectivity index (χ1n) is 15.8. The maximum absolute atomic E-state index is 13.5. The molecule has 0 aliphatic heterocycles. The number of aromatic nitrogens is 2. The summed E-state index contributed by atoms with van der Waals surface area (Å²) in [6, 6.07) is 18.9. The number of Topliss-reactive ketones (excluding diaryl/α,β-unsaturated/α-hetero) is 1. The first kappa shape index (κ1) is 36.0. The Labute approximate surface area is 286 Å². The topological polar surface area (TPSA) is 109 Å². The highest BCUT2D eigenvalue weighted by Crippen LogP contribution is 2.31. The van der Waals surface area contributed by atoms with E-state index in [1.165, 1.54) is 28.7 Å². The maximum atomic E-state index is 13.5. The van der Waals surface area contributed by atoms with Crippen molar-refractivity contribution in [2.75, 3.05) is 12.0 Å². The average molecular weight is 672 g/mol. The molecular formula is C38H45N3O4S2. The molecular weight excluding hydrogens is 627 g/mol. The standard InChI is InChI=1S/C38H45N3O4S2/c1-37(2,3)29-14-12-25(13-15-29)28-22-39-34(40-23-28)26-10-8-24(9-11-26)20-27(35(43)41-30(36(44)45)18-19-46-7)21-31(42)32-16-17-33(47-32)38(4,5)6/h8-17,22-23,27,30H,18-21H2,1-7H3,(H,41,43)(H,44,45)/t27-,30-/m1/s1. The lowest BCUT2D eigenvalue weighted by Crippen LogP contribution is -2.44. The van der Waals surface area contributed by atoms with Crippen LogP contribution in [0.1, 0.15) is 80.1 Å². The van der Waals surface area contributed by atoms with Gasteiger partial charge in [0.25, 0.3) is 0 Å². The maximum Gasteiger partial charge on any atom is 0.326 e. The number of benzene rings is 2. The van der Waals surface area contributed by atoms with E-state index in [4.69, 9.17) is 0 Å². The van der Waals surface area contributed by atoms with Gasteiger partial charge in [0.15, 0.2) is 11.6 Å². The molecule has 0 unspecified atom stereocenters. The highest BCUT2D eigenvalue weighted by Gasteiger charge is 2.29. The molecule has 0 radical (unpaired) electrons. The van der Waals surface area contributed by atoms with Crippen LogP contribution in [0.5, 0.6) is 0 Å². The summed E-state index contributed by atoms with van der Waals surface area (Å²) in [4.78, 5) is 49.7. The van der Waals surface area contributed by atoms with Gasteiger partial charge in [0.05, 0.1) is 4.88 Å². The van der Waals surface area contributed by atoms with Crippen molar-refractivity contribution in [3.05, 3.63) is 93.9 Å². The zero-order chi connectivity index (χ0) is 34.4. The van der Waals surface area contributed by atoms with Crippen LogP contribution in [0.15, 0.2) is 73.1 Å². The van der Waals surface area contributed by atoms with E-state index in [0.29, 0.717) is 22.9 Å². The van der Waals surface area contributed by atoms with Gasteiger partial charge < -0.3 is 10.4 Å². The van der Waals surface area contributed by atoms with Crippen molar-refractivity contribution < 1.29 is 19.5 Å². The number of carboxylic acid groups (broad SMARTS) is 1. The second-order valence-corrected chi connectivity index (χ2v) is 16.0. The molecule has 0 fully saturated rings. The Bertz CT molecular complexity index is 1670. The van der Waals surface area contributed by atoms with Crippen molar-refractivity contribution >= 4 is 40.8 Å². The molecule has 4 aromatic rings. The third-order valence-corrected chi connectivity index (χ3v) is 10.3. The van der Waals surface area contributed by atoms with E-state index >= 15 is 0 Å². The Hall–Kier alpha value is -3.82. The van der Waals surface area contributed by atoms with Crippen molar-refractivity contribution in [2.45, 2.75) is 77.7 Å². The van der Waals surface area contributed by atoms with Crippen molar-refractivity contribution in [1.29, 1.82) is 0 Å². The van der Waals surface area contributed by atoms with E-state index in [2.05, 4.69) is 81.1 Å². The van der Waals surface area contributed by atoms with Gasteiger partial charge in [-0.15, -0.1) is 11.3 Å². The number of nitrogens with one attached hydrogen (secondary N) is 1. The van der Waals surface area contributed by atoms with E-state index < -0.39 is 23.8 Å². The number of hydrogen-bond donors (Lipinski definition) is 2. The van der Waals surface area contributed by atoms with Gasteiger partial charge >= 0.3 is 5.97 Å².